The molecule has 0 amide bonds. The summed E-state index contributed by atoms with van der Waals surface area (Å²) < 4.78 is 0. The van der Waals surface area contributed by atoms with Crippen molar-refractivity contribution in [3.63, 3.8) is 0 Å². The molecule has 0 spiro atoms. The van der Waals surface area contributed by atoms with Gasteiger partial charge in [-0.05, 0) is 31.0 Å². The van der Waals surface area contributed by atoms with Crippen molar-refractivity contribution in [2.45, 2.75) is 46.0 Å². The van der Waals surface area contributed by atoms with Crippen LogP contribution in [0.25, 0.3) is 0 Å². The molecule has 0 aliphatic rings. The molecule has 86 valence electrons. The summed E-state index contributed by atoms with van der Waals surface area (Å²) >= 11 is 0. The fourth-order valence-corrected chi connectivity index (χ4v) is 1.58. The Bertz CT molecular complexity index is 382. The number of nitrogens with two attached hydrogens (primary N) is 1. The van der Waals surface area contributed by atoms with E-state index in [2.05, 4.69) is 25.7 Å². The first kappa shape index (κ1) is 12.6. The third kappa shape index (κ3) is 4.40. The maximum Gasteiger partial charge on any atom is 0.0477 e. The first-order valence-corrected chi connectivity index (χ1v) is 6.09. The van der Waals surface area contributed by atoms with Crippen molar-refractivity contribution < 1.29 is 0 Å². The molecule has 0 heterocycles. The Labute approximate surface area is 99.1 Å². The van der Waals surface area contributed by atoms with E-state index in [0.29, 0.717) is 0 Å². The van der Waals surface area contributed by atoms with Crippen molar-refractivity contribution in [1.29, 1.82) is 0 Å². The summed E-state index contributed by atoms with van der Waals surface area (Å²) in [5, 5.41) is 0. The van der Waals surface area contributed by atoms with E-state index in [0.717, 1.165) is 17.7 Å². The summed E-state index contributed by atoms with van der Waals surface area (Å²) in [5.41, 5.74) is 8.81. The van der Waals surface area contributed by atoms with Crippen LogP contribution in [0, 0.1) is 18.8 Å². The molecule has 1 aromatic rings. The Kier molecular flexibility index (Phi) is 5.50. The zero-order valence-electron chi connectivity index (χ0n) is 10.3. The van der Waals surface area contributed by atoms with Crippen molar-refractivity contribution >= 4 is 5.69 Å². The Morgan fingerprint density at radius 3 is 2.75 bits per heavy atom. The first-order valence-electron chi connectivity index (χ1n) is 6.09. The van der Waals surface area contributed by atoms with E-state index < -0.39 is 0 Å². The minimum atomic E-state index is 0.784. The molecule has 0 aliphatic heterocycles. The monoisotopic (exact) mass is 215 g/mol. The number of anilines is 1. The lowest BCUT2D eigenvalue weighted by Gasteiger charge is -1.99. The van der Waals surface area contributed by atoms with Crippen LogP contribution >= 0.6 is 0 Å². The zero-order valence-corrected chi connectivity index (χ0v) is 10.3. The molecule has 0 aliphatic carbocycles. The summed E-state index contributed by atoms with van der Waals surface area (Å²) in [6.45, 7) is 4.28. The van der Waals surface area contributed by atoms with Gasteiger partial charge < -0.3 is 5.73 Å². The van der Waals surface area contributed by atoms with Crippen LogP contribution in [0.15, 0.2) is 18.2 Å². The minimum Gasteiger partial charge on any atom is -0.398 e. The maximum atomic E-state index is 5.85. The summed E-state index contributed by atoms with van der Waals surface area (Å²) in [6.07, 6.45) is 6.06. The summed E-state index contributed by atoms with van der Waals surface area (Å²) in [7, 11) is 0. The van der Waals surface area contributed by atoms with E-state index in [1.165, 1.54) is 31.2 Å². The molecule has 1 aromatic carbocycles. The number of aryl methyl sites for hydroxylation is 1. The van der Waals surface area contributed by atoms with E-state index in [1.807, 2.05) is 18.2 Å². The molecule has 0 bridgehead atoms. The number of unbranched alkanes of at least 4 members (excludes halogenated alkanes) is 4. The van der Waals surface area contributed by atoms with E-state index in [4.69, 9.17) is 5.73 Å². The van der Waals surface area contributed by atoms with Crippen LogP contribution in [0.2, 0.25) is 0 Å². The Hall–Kier alpha value is -1.42. The van der Waals surface area contributed by atoms with Crippen LogP contribution in [0.1, 0.15) is 50.2 Å². The van der Waals surface area contributed by atoms with Crippen molar-refractivity contribution in [1.82, 2.24) is 0 Å². The van der Waals surface area contributed by atoms with Gasteiger partial charge in [0.05, 0.1) is 0 Å². The van der Waals surface area contributed by atoms with Crippen molar-refractivity contribution in [2.24, 2.45) is 0 Å². The highest BCUT2D eigenvalue weighted by molar-refractivity contribution is 5.56. The third-order valence-electron chi connectivity index (χ3n) is 2.59. The number of hydrogen-bond acceptors (Lipinski definition) is 1. The highest BCUT2D eigenvalue weighted by Gasteiger charge is 1.94. The van der Waals surface area contributed by atoms with Gasteiger partial charge in [0, 0.05) is 17.7 Å². The van der Waals surface area contributed by atoms with Gasteiger partial charge in [0.1, 0.15) is 0 Å². The number of nitrogen functional groups attached to an aromatic ring is 1. The van der Waals surface area contributed by atoms with Gasteiger partial charge in [-0.2, -0.15) is 0 Å². The van der Waals surface area contributed by atoms with Gasteiger partial charge in [-0.1, -0.05) is 44.1 Å². The van der Waals surface area contributed by atoms with Crippen LogP contribution < -0.4 is 5.73 Å². The number of benzene rings is 1. The van der Waals surface area contributed by atoms with Crippen LogP contribution in [0.5, 0.6) is 0 Å². The molecular weight excluding hydrogens is 194 g/mol. The van der Waals surface area contributed by atoms with Crippen molar-refractivity contribution in [2.75, 3.05) is 5.73 Å². The van der Waals surface area contributed by atoms with Gasteiger partial charge in [0.2, 0.25) is 0 Å². The number of rotatable bonds is 4. The van der Waals surface area contributed by atoms with Gasteiger partial charge in [0.25, 0.3) is 0 Å². The maximum absolute atomic E-state index is 5.85. The average Bonchev–Trinajstić information content (AvgIpc) is 2.28. The fraction of sp³-hybridized carbons (Fsp3) is 0.467. The second kappa shape index (κ2) is 6.95. The van der Waals surface area contributed by atoms with E-state index >= 15 is 0 Å². The zero-order chi connectivity index (χ0) is 11.8. The van der Waals surface area contributed by atoms with Gasteiger partial charge >= 0.3 is 0 Å². The molecule has 1 nitrogen and oxygen atoms in total. The van der Waals surface area contributed by atoms with Gasteiger partial charge in [-0.3, -0.25) is 0 Å². The van der Waals surface area contributed by atoms with Crippen LogP contribution in [-0.2, 0) is 0 Å². The van der Waals surface area contributed by atoms with Crippen molar-refractivity contribution in [3.05, 3.63) is 29.3 Å². The number of hydrogen-bond donors (Lipinski definition) is 1. The van der Waals surface area contributed by atoms with E-state index in [-0.39, 0.29) is 0 Å². The molecular formula is C15H21N. The van der Waals surface area contributed by atoms with Gasteiger partial charge in [0.15, 0.2) is 0 Å². The lowest BCUT2D eigenvalue weighted by molar-refractivity contribution is 0.679. The molecule has 0 aromatic heterocycles. The molecule has 0 atom stereocenters. The SMILES string of the molecule is CCCCCCC#Cc1cc(C)ccc1N. The van der Waals surface area contributed by atoms with Crippen LogP contribution in [0.4, 0.5) is 5.69 Å². The van der Waals surface area contributed by atoms with E-state index in [1.54, 1.807) is 0 Å². The molecule has 0 radical (unpaired) electrons. The minimum absolute atomic E-state index is 0.784. The third-order valence-corrected chi connectivity index (χ3v) is 2.59. The molecule has 0 saturated heterocycles. The summed E-state index contributed by atoms with van der Waals surface area (Å²) in [5.74, 6) is 6.35. The molecule has 0 unspecified atom stereocenters. The molecule has 16 heavy (non-hydrogen) atoms. The Morgan fingerprint density at radius 1 is 1.19 bits per heavy atom. The lowest BCUT2D eigenvalue weighted by atomic mass is 10.1. The molecule has 2 N–H and O–H groups in total. The molecule has 1 heteroatoms. The summed E-state index contributed by atoms with van der Waals surface area (Å²) in [6, 6.07) is 5.99. The largest absolute Gasteiger partial charge is 0.398 e. The standard InChI is InChI=1S/C15H21N/c1-3-4-5-6-7-8-9-14-12-13(2)10-11-15(14)16/h10-12H,3-7,16H2,1-2H3. The topological polar surface area (TPSA) is 26.0 Å². The first-order chi connectivity index (χ1) is 7.74. The highest BCUT2D eigenvalue weighted by atomic mass is 14.5. The molecule has 0 saturated carbocycles. The average molecular weight is 215 g/mol. The quantitative estimate of drug-likeness (QED) is 0.460. The van der Waals surface area contributed by atoms with Gasteiger partial charge in [-0.25, -0.2) is 0 Å². The van der Waals surface area contributed by atoms with Gasteiger partial charge in [-0.15, -0.1) is 0 Å². The van der Waals surface area contributed by atoms with Crippen LogP contribution in [0.3, 0.4) is 0 Å². The second-order valence-electron chi connectivity index (χ2n) is 4.20. The van der Waals surface area contributed by atoms with Crippen LogP contribution in [-0.4, -0.2) is 0 Å². The van der Waals surface area contributed by atoms with Crippen molar-refractivity contribution in [3.8, 4) is 11.8 Å². The summed E-state index contributed by atoms with van der Waals surface area (Å²) in [4.78, 5) is 0. The molecule has 0 fully saturated rings. The lowest BCUT2D eigenvalue weighted by Crippen LogP contribution is -1.90. The Balaban J connectivity index is 2.46. The predicted octanol–water partition coefficient (Wildman–Crippen LogP) is 3.90. The smallest absolute Gasteiger partial charge is 0.0477 e. The fourth-order valence-electron chi connectivity index (χ4n) is 1.58. The Morgan fingerprint density at radius 2 is 2.00 bits per heavy atom. The highest BCUT2D eigenvalue weighted by Crippen LogP contribution is 2.12. The predicted molar refractivity (Wildman–Crippen MR) is 71.2 cm³/mol. The van der Waals surface area contributed by atoms with E-state index in [9.17, 15) is 0 Å². The normalized spacial score (nSPS) is 9.62. The second-order valence-corrected chi connectivity index (χ2v) is 4.20. The molecule has 1 rings (SSSR count).